The number of nitriles is 1. The van der Waals surface area contributed by atoms with Crippen LogP contribution in [0.5, 0.6) is 0 Å². The lowest BCUT2D eigenvalue weighted by Gasteiger charge is -2.22. The number of nitrogens with one attached hydrogen (secondary N) is 2. The molecule has 1 aliphatic rings. The van der Waals surface area contributed by atoms with Gasteiger partial charge in [0.05, 0.1) is 36.0 Å². The fourth-order valence-corrected chi connectivity index (χ4v) is 3.68. The number of rotatable bonds is 6. The Balaban J connectivity index is 1.85. The Morgan fingerprint density at radius 2 is 1.84 bits per heavy atom. The zero-order valence-electron chi connectivity index (χ0n) is 17.7. The number of aryl methyl sites for hydroxylation is 1. The molecule has 3 rings (SSSR count). The van der Waals surface area contributed by atoms with Crippen LogP contribution in [0.3, 0.4) is 0 Å². The summed E-state index contributed by atoms with van der Waals surface area (Å²) in [6.07, 6.45) is 0. The van der Waals surface area contributed by atoms with E-state index in [-0.39, 0.29) is 17.9 Å². The highest BCUT2D eigenvalue weighted by Crippen LogP contribution is 2.29. The van der Waals surface area contributed by atoms with E-state index >= 15 is 0 Å². The number of carbonyl (C=O) groups excluding carboxylic acids is 4. The van der Waals surface area contributed by atoms with E-state index < -0.39 is 35.8 Å². The van der Waals surface area contributed by atoms with Gasteiger partial charge in [0.15, 0.2) is 5.78 Å². The molecule has 31 heavy (non-hydrogen) atoms. The van der Waals surface area contributed by atoms with E-state index in [2.05, 4.69) is 10.3 Å². The van der Waals surface area contributed by atoms with Gasteiger partial charge in [-0.2, -0.15) is 5.26 Å². The summed E-state index contributed by atoms with van der Waals surface area (Å²) in [6, 6.07) is 7.58. The van der Waals surface area contributed by atoms with Crippen molar-refractivity contribution in [2.75, 3.05) is 13.2 Å². The van der Waals surface area contributed by atoms with Gasteiger partial charge in [0.2, 0.25) is 0 Å². The van der Waals surface area contributed by atoms with Crippen molar-refractivity contribution in [2.45, 2.75) is 33.2 Å². The normalized spacial score (nSPS) is 18.0. The summed E-state index contributed by atoms with van der Waals surface area (Å²) in [5.41, 5.74) is 0.851. The second kappa shape index (κ2) is 8.07. The van der Waals surface area contributed by atoms with Crippen molar-refractivity contribution in [3.63, 3.8) is 0 Å². The number of Topliss-reactive ketones (excluding diaryl/α,β-unsaturated/α-hetero) is 1. The van der Waals surface area contributed by atoms with Gasteiger partial charge in [0.25, 0.3) is 5.91 Å². The molecule has 1 aromatic heterocycles. The van der Waals surface area contributed by atoms with Crippen molar-refractivity contribution in [3.05, 3.63) is 57.9 Å². The Kier molecular flexibility index (Phi) is 5.66. The number of aromatic nitrogens is 1. The van der Waals surface area contributed by atoms with Crippen LogP contribution >= 0.6 is 0 Å². The van der Waals surface area contributed by atoms with Crippen molar-refractivity contribution < 1.29 is 23.9 Å². The van der Waals surface area contributed by atoms with Gasteiger partial charge in [-0.25, -0.2) is 9.59 Å². The van der Waals surface area contributed by atoms with Crippen LogP contribution in [0.1, 0.15) is 57.1 Å². The van der Waals surface area contributed by atoms with Gasteiger partial charge in [-0.15, -0.1) is 0 Å². The fraction of sp³-hybridized carbons (Fsp3) is 0.318. The number of hydrogen-bond donors (Lipinski definition) is 2. The van der Waals surface area contributed by atoms with E-state index in [4.69, 9.17) is 10.00 Å². The summed E-state index contributed by atoms with van der Waals surface area (Å²) in [4.78, 5) is 54.3. The van der Waals surface area contributed by atoms with Crippen LogP contribution in [0.25, 0.3) is 0 Å². The number of benzene rings is 1. The first-order chi connectivity index (χ1) is 14.6. The number of ketones is 1. The standard InChI is InChI=1S/C22H22N4O5/c1-5-31-19(28)17-12(2)18(24-13(17)3)16(27)11-26-20(29)22(4,25-21(26)30)15-8-6-14(10-23)7-9-15/h6-9,24H,5,11H2,1-4H3,(H,25,30). The topological polar surface area (TPSA) is 132 Å². The summed E-state index contributed by atoms with van der Waals surface area (Å²) in [7, 11) is 0. The lowest BCUT2D eigenvalue weighted by Crippen LogP contribution is -2.41. The molecule has 0 radical (unpaired) electrons. The fourth-order valence-electron chi connectivity index (χ4n) is 3.68. The number of imide groups is 1. The van der Waals surface area contributed by atoms with Crippen LogP contribution in [0.2, 0.25) is 0 Å². The number of nitrogens with zero attached hydrogens (tertiary/aromatic N) is 2. The molecular formula is C22H22N4O5. The van der Waals surface area contributed by atoms with Crippen molar-refractivity contribution in [1.82, 2.24) is 15.2 Å². The molecule has 2 N–H and O–H groups in total. The van der Waals surface area contributed by atoms with Crippen molar-refractivity contribution in [3.8, 4) is 6.07 Å². The van der Waals surface area contributed by atoms with E-state index in [1.54, 1.807) is 52.0 Å². The molecule has 0 bridgehead atoms. The first kappa shape index (κ1) is 21.8. The lowest BCUT2D eigenvalue weighted by molar-refractivity contribution is -0.130. The average molecular weight is 422 g/mol. The quantitative estimate of drug-likeness (QED) is 0.417. The SMILES string of the molecule is CCOC(=O)c1c(C)[nH]c(C(=O)CN2C(=O)NC(C)(c3ccc(C#N)cc3)C2=O)c1C. The van der Waals surface area contributed by atoms with Crippen molar-refractivity contribution >= 4 is 23.7 Å². The molecule has 2 aromatic rings. The van der Waals surface area contributed by atoms with E-state index in [0.29, 0.717) is 22.4 Å². The Hall–Kier alpha value is -3.93. The highest BCUT2D eigenvalue weighted by Gasteiger charge is 2.49. The maximum absolute atomic E-state index is 13.1. The molecule has 1 aromatic carbocycles. The van der Waals surface area contributed by atoms with Crippen LogP contribution in [0.15, 0.2) is 24.3 Å². The molecular weight excluding hydrogens is 400 g/mol. The summed E-state index contributed by atoms with van der Waals surface area (Å²) in [5.74, 6) is -1.64. The molecule has 1 fully saturated rings. The molecule has 3 amide bonds. The van der Waals surface area contributed by atoms with Crippen molar-refractivity contribution in [1.29, 1.82) is 5.26 Å². The third kappa shape index (κ3) is 3.68. The van der Waals surface area contributed by atoms with Gasteiger partial charge in [0, 0.05) is 5.69 Å². The van der Waals surface area contributed by atoms with E-state index in [9.17, 15) is 19.2 Å². The van der Waals surface area contributed by atoms with E-state index in [1.807, 2.05) is 6.07 Å². The monoisotopic (exact) mass is 422 g/mol. The highest BCUT2D eigenvalue weighted by atomic mass is 16.5. The van der Waals surface area contributed by atoms with Crippen molar-refractivity contribution in [2.24, 2.45) is 0 Å². The van der Waals surface area contributed by atoms with Gasteiger partial charge in [-0.1, -0.05) is 12.1 Å². The van der Waals surface area contributed by atoms with Gasteiger partial charge in [-0.3, -0.25) is 14.5 Å². The molecule has 1 aliphatic heterocycles. The molecule has 0 spiro atoms. The first-order valence-corrected chi connectivity index (χ1v) is 9.68. The number of urea groups is 1. The Labute approximate surface area is 179 Å². The molecule has 9 heteroatoms. The molecule has 0 aliphatic carbocycles. The number of aromatic amines is 1. The molecule has 160 valence electrons. The number of carbonyl (C=O) groups is 4. The summed E-state index contributed by atoms with van der Waals surface area (Å²) < 4.78 is 5.02. The number of H-pyrrole nitrogens is 1. The lowest BCUT2D eigenvalue weighted by atomic mass is 9.91. The predicted octanol–water partition coefficient (Wildman–Crippen LogP) is 2.33. The van der Waals surface area contributed by atoms with Crippen LogP contribution in [-0.2, 0) is 15.1 Å². The molecule has 0 saturated carbocycles. The van der Waals surface area contributed by atoms with Gasteiger partial charge >= 0.3 is 12.0 Å². The zero-order chi connectivity index (χ0) is 22.9. The number of hydrogen-bond acceptors (Lipinski definition) is 6. The van der Waals surface area contributed by atoms with Crippen LogP contribution < -0.4 is 5.32 Å². The third-order valence-corrected chi connectivity index (χ3v) is 5.36. The second-order valence-corrected chi connectivity index (χ2v) is 7.40. The average Bonchev–Trinajstić information content (AvgIpc) is 3.16. The second-order valence-electron chi connectivity index (χ2n) is 7.40. The summed E-state index contributed by atoms with van der Waals surface area (Å²) in [6.45, 7) is 6.19. The van der Waals surface area contributed by atoms with Crippen LogP contribution in [0, 0.1) is 25.2 Å². The maximum atomic E-state index is 13.1. The number of amides is 3. The smallest absolute Gasteiger partial charge is 0.340 e. The minimum Gasteiger partial charge on any atom is -0.462 e. The summed E-state index contributed by atoms with van der Waals surface area (Å²) >= 11 is 0. The van der Waals surface area contributed by atoms with Gasteiger partial charge in [0.1, 0.15) is 5.54 Å². The molecule has 2 heterocycles. The minimum absolute atomic E-state index is 0.146. The molecule has 1 unspecified atom stereocenters. The third-order valence-electron chi connectivity index (χ3n) is 5.36. The highest BCUT2D eigenvalue weighted by molar-refractivity contribution is 6.11. The number of ether oxygens (including phenoxy) is 1. The molecule has 1 saturated heterocycles. The van der Waals surface area contributed by atoms with Gasteiger partial charge in [-0.05, 0) is 51.0 Å². The largest absolute Gasteiger partial charge is 0.462 e. The molecule has 9 nitrogen and oxygen atoms in total. The van der Waals surface area contributed by atoms with E-state index in [0.717, 1.165) is 4.90 Å². The van der Waals surface area contributed by atoms with Crippen LogP contribution in [-0.4, -0.2) is 46.7 Å². The first-order valence-electron chi connectivity index (χ1n) is 9.68. The Bertz CT molecular complexity index is 1130. The van der Waals surface area contributed by atoms with E-state index in [1.165, 1.54) is 0 Å². The maximum Gasteiger partial charge on any atom is 0.340 e. The van der Waals surface area contributed by atoms with Gasteiger partial charge < -0.3 is 15.0 Å². The molecule has 1 atom stereocenters. The minimum atomic E-state index is -1.36. The summed E-state index contributed by atoms with van der Waals surface area (Å²) in [5, 5.41) is 11.6. The predicted molar refractivity (Wildman–Crippen MR) is 109 cm³/mol. The Morgan fingerprint density at radius 1 is 1.19 bits per heavy atom. The van der Waals surface area contributed by atoms with Crippen LogP contribution in [0.4, 0.5) is 4.79 Å². The number of esters is 1. The zero-order valence-corrected chi connectivity index (χ0v) is 17.7. The Morgan fingerprint density at radius 3 is 2.42 bits per heavy atom.